The van der Waals surface area contributed by atoms with Crippen LogP contribution in [0.15, 0.2) is 24.3 Å². The standard InChI is InChI=1S/C22H22FN3OS/c23-15-2-1-3-16(7-15)26-21-17(11-24)18(25)19(28-21)20(27)22-8-12-4-13(9-22)6-14(5-12)10-22/h1-3,7,12-14,26H,4-6,8-10,25H2. The van der Waals surface area contributed by atoms with Gasteiger partial charge in [0.2, 0.25) is 0 Å². The molecule has 0 spiro atoms. The molecule has 0 saturated heterocycles. The van der Waals surface area contributed by atoms with E-state index in [1.807, 2.05) is 0 Å². The highest BCUT2D eigenvalue weighted by molar-refractivity contribution is 7.19. The number of rotatable bonds is 4. The Balaban J connectivity index is 1.50. The van der Waals surface area contributed by atoms with E-state index in [0.717, 1.165) is 19.3 Å². The molecule has 28 heavy (non-hydrogen) atoms. The molecule has 4 saturated carbocycles. The number of halogens is 1. The van der Waals surface area contributed by atoms with Gasteiger partial charge in [-0.2, -0.15) is 5.26 Å². The Bertz CT molecular complexity index is 970. The van der Waals surface area contributed by atoms with Crippen LogP contribution in [-0.4, -0.2) is 5.78 Å². The van der Waals surface area contributed by atoms with Gasteiger partial charge in [-0.15, -0.1) is 11.3 Å². The number of ketones is 1. The molecule has 4 bridgehead atoms. The molecule has 144 valence electrons. The zero-order valence-electron chi connectivity index (χ0n) is 15.5. The average Bonchev–Trinajstić information content (AvgIpc) is 2.95. The topological polar surface area (TPSA) is 78.9 Å². The second-order valence-electron chi connectivity index (χ2n) is 8.82. The smallest absolute Gasteiger partial charge is 0.181 e. The zero-order chi connectivity index (χ0) is 19.5. The first-order chi connectivity index (χ1) is 13.5. The molecule has 0 atom stereocenters. The highest BCUT2D eigenvalue weighted by Crippen LogP contribution is 2.61. The van der Waals surface area contributed by atoms with Gasteiger partial charge in [-0.1, -0.05) is 6.07 Å². The molecule has 2 aromatic rings. The first kappa shape index (κ1) is 17.7. The second-order valence-corrected chi connectivity index (χ2v) is 9.84. The number of nitrogen functional groups attached to an aromatic ring is 1. The van der Waals surface area contributed by atoms with E-state index >= 15 is 0 Å². The normalized spacial score (nSPS) is 30.2. The Hall–Kier alpha value is -2.39. The number of Topliss-reactive ketones (excluding diaryl/α,β-unsaturated/α-hetero) is 1. The lowest BCUT2D eigenvalue weighted by molar-refractivity contribution is -0.0350. The van der Waals surface area contributed by atoms with Crippen molar-refractivity contribution in [1.29, 1.82) is 5.26 Å². The van der Waals surface area contributed by atoms with Gasteiger partial charge in [-0.05, 0) is 74.5 Å². The Labute approximate surface area is 167 Å². The van der Waals surface area contributed by atoms with Crippen molar-refractivity contribution in [3.05, 3.63) is 40.5 Å². The Morgan fingerprint density at radius 3 is 2.43 bits per heavy atom. The van der Waals surface area contributed by atoms with Gasteiger partial charge in [-0.25, -0.2) is 4.39 Å². The summed E-state index contributed by atoms with van der Waals surface area (Å²) in [7, 11) is 0. The molecule has 4 fully saturated rings. The van der Waals surface area contributed by atoms with Crippen molar-refractivity contribution in [2.24, 2.45) is 23.2 Å². The number of nitriles is 1. The van der Waals surface area contributed by atoms with Crippen LogP contribution in [-0.2, 0) is 0 Å². The Kier molecular flexibility index (Phi) is 3.99. The molecule has 1 aromatic heterocycles. The van der Waals surface area contributed by atoms with Gasteiger partial charge in [0.05, 0.1) is 10.6 Å². The molecular weight excluding hydrogens is 373 g/mol. The molecule has 1 heterocycles. The predicted octanol–water partition coefficient (Wildman–Crippen LogP) is 5.48. The third-order valence-corrected chi connectivity index (χ3v) is 7.99. The maximum atomic E-state index is 13.6. The minimum Gasteiger partial charge on any atom is -0.396 e. The summed E-state index contributed by atoms with van der Waals surface area (Å²) in [6, 6.07) is 8.17. The number of hydrogen-bond donors (Lipinski definition) is 2. The van der Waals surface area contributed by atoms with Crippen molar-refractivity contribution in [2.75, 3.05) is 11.1 Å². The van der Waals surface area contributed by atoms with Crippen molar-refractivity contribution in [3.8, 4) is 6.07 Å². The van der Waals surface area contributed by atoms with Crippen LogP contribution in [0.5, 0.6) is 0 Å². The molecular formula is C22H22FN3OS. The summed E-state index contributed by atoms with van der Waals surface area (Å²) in [5.74, 6) is 1.75. The molecule has 4 aliphatic carbocycles. The lowest BCUT2D eigenvalue weighted by atomic mass is 9.48. The predicted molar refractivity (Wildman–Crippen MR) is 108 cm³/mol. The number of hydrogen-bond acceptors (Lipinski definition) is 5. The quantitative estimate of drug-likeness (QED) is 0.672. The first-order valence-corrected chi connectivity index (χ1v) is 10.7. The summed E-state index contributed by atoms with van der Waals surface area (Å²) < 4.78 is 13.5. The molecule has 3 N–H and O–H groups in total. The van der Waals surface area contributed by atoms with Crippen LogP contribution in [0.1, 0.15) is 53.8 Å². The van der Waals surface area contributed by atoms with Crippen LogP contribution in [0.25, 0.3) is 0 Å². The van der Waals surface area contributed by atoms with Gasteiger partial charge in [0.1, 0.15) is 22.5 Å². The van der Waals surface area contributed by atoms with Crippen LogP contribution in [0, 0.1) is 40.3 Å². The van der Waals surface area contributed by atoms with Gasteiger partial charge in [0.25, 0.3) is 0 Å². The molecule has 6 rings (SSSR count). The largest absolute Gasteiger partial charge is 0.396 e. The molecule has 0 radical (unpaired) electrons. The Morgan fingerprint density at radius 1 is 1.21 bits per heavy atom. The fourth-order valence-electron chi connectivity index (χ4n) is 6.14. The number of anilines is 3. The molecule has 4 nitrogen and oxygen atoms in total. The lowest BCUT2D eigenvalue weighted by Crippen LogP contribution is -2.49. The summed E-state index contributed by atoms with van der Waals surface area (Å²) in [6.45, 7) is 0. The summed E-state index contributed by atoms with van der Waals surface area (Å²) in [4.78, 5) is 14.1. The number of thiophene rings is 1. The first-order valence-electron chi connectivity index (χ1n) is 9.87. The zero-order valence-corrected chi connectivity index (χ0v) is 16.3. The highest BCUT2D eigenvalue weighted by Gasteiger charge is 2.55. The van der Waals surface area contributed by atoms with Crippen molar-refractivity contribution in [3.63, 3.8) is 0 Å². The maximum absolute atomic E-state index is 13.6. The van der Waals surface area contributed by atoms with Crippen molar-refractivity contribution in [1.82, 2.24) is 0 Å². The molecule has 0 amide bonds. The number of nitrogens with zero attached hydrogens (tertiary/aromatic N) is 1. The van der Waals surface area contributed by atoms with Crippen LogP contribution in [0.4, 0.5) is 20.8 Å². The number of nitrogens with two attached hydrogens (primary N) is 1. The van der Waals surface area contributed by atoms with Gasteiger partial charge in [-0.3, -0.25) is 4.79 Å². The Morgan fingerprint density at radius 2 is 1.86 bits per heavy atom. The number of carbonyl (C=O) groups excluding carboxylic acids is 1. The highest BCUT2D eigenvalue weighted by atomic mass is 32.1. The minimum atomic E-state index is -0.363. The van der Waals surface area contributed by atoms with E-state index in [4.69, 9.17) is 5.73 Å². The third-order valence-electron chi connectivity index (χ3n) is 6.87. The average molecular weight is 396 g/mol. The molecule has 6 heteroatoms. The van der Waals surface area contributed by atoms with E-state index in [-0.39, 0.29) is 28.3 Å². The van der Waals surface area contributed by atoms with Gasteiger partial charge >= 0.3 is 0 Å². The fourth-order valence-corrected chi connectivity index (χ4v) is 7.29. The summed E-state index contributed by atoms with van der Waals surface area (Å²) in [5, 5.41) is 13.2. The van der Waals surface area contributed by atoms with Crippen LogP contribution < -0.4 is 11.1 Å². The van der Waals surface area contributed by atoms with E-state index < -0.39 is 0 Å². The third kappa shape index (κ3) is 2.72. The monoisotopic (exact) mass is 395 g/mol. The summed E-state index contributed by atoms with van der Waals surface area (Å²) >= 11 is 1.24. The van der Waals surface area contributed by atoms with E-state index in [2.05, 4.69) is 11.4 Å². The van der Waals surface area contributed by atoms with Crippen molar-refractivity contribution < 1.29 is 9.18 Å². The van der Waals surface area contributed by atoms with E-state index in [0.29, 0.717) is 33.3 Å². The van der Waals surface area contributed by atoms with Gasteiger partial charge in [0.15, 0.2) is 5.78 Å². The number of nitrogens with one attached hydrogen (secondary N) is 1. The van der Waals surface area contributed by atoms with Crippen molar-refractivity contribution in [2.45, 2.75) is 38.5 Å². The van der Waals surface area contributed by atoms with Gasteiger partial charge < -0.3 is 11.1 Å². The van der Waals surface area contributed by atoms with E-state index in [1.165, 1.54) is 42.7 Å². The van der Waals surface area contributed by atoms with Crippen LogP contribution in [0.3, 0.4) is 0 Å². The number of benzene rings is 1. The van der Waals surface area contributed by atoms with Crippen molar-refractivity contribution >= 4 is 33.5 Å². The van der Waals surface area contributed by atoms with Crippen LogP contribution in [0.2, 0.25) is 0 Å². The second kappa shape index (κ2) is 6.31. The maximum Gasteiger partial charge on any atom is 0.181 e. The fraction of sp³-hybridized carbons (Fsp3) is 0.455. The SMILES string of the molecule is N#Cc1c(Nc2cccc(F)c2)sc(C(=O)C23CC4CC(CC(C4)C2)C3)c1N. The lowest BCUT2D eigenvalue weighted by Gasteiger charge is -2.55. The summed E-state index contributed by atoms with van der Waals surface area (Å²) in [5.41, 5.74) is 7.06. The summed E-state index contributed by atoms with van der Waals surface area (Å²) in [6.07, 6.45) is 6.68. The van der Waals surface area contributed by atoms with E-state index in [9.17, 15) is 14.4 Å². The molecule has 0 unspecified atom stereocenters. The van der Waals surface area contributed by atoms with E-state index in [1.54, 1.807) is 12.1 Å². The molecule has 1 aromatic carbocycles. The molecule has 4 aliphatic rings. The number of carbonyl (C=O) groups is 1. The molecule has 0 aliphatic heterocycles. The minimum absolute atomic E-state index is 0.123. The van der Waals surface area contributed by atoms with Gasteiger partial charge in [0, 0.05) is 11.1 Å². The van der Waals surface area contributed by atoms with Crippen LogP contribution >= 0.6 is 11.3 Å².